The molecule has 15 heavy (non-hydrogen) atoms. The molecule has 0 aliphatic carbocycles. The van der Waals surface area contributed by atoms with Gasteiger partial charge in [-0.3, -0.25) is 0 Å². The molecular formula is C13H23Si2. The Morgan fingerprint density at radius 1 is 0.867 bits per heavy atom. The normalized spacial score (nSPS) is 13.0. The molecule has 0 nitrogen and oxygen atoms in total. The van der Waals surface area contributed by atoms with Crippen molar-refractivity contribution < 1.29 is 0 Å². The maximum absolute atomic E-state index is 4.22. The van der Waals surface area contributed by atoms with Gasteiger partial charge in [-0.05, 0) is 12.5 Å². The zero-order valence-electron chi connectivity index (χ0n) is 10.9. The molecule has 0 unspecified atom stereocenters. The predicted molar refractivity (Wildman–Crippen MR) is 76.9 cm³/mol. The van der Waals surface area contributed by atoms with E-state index < -0.39 is 16.1 Å². The first-order chi connectivity index (χ1) is 6.64. The van der Waals surface area contributed by atoms with Crippen molar-refractivity contribution in [3.63, 3.8) is 0 Å². The SMILES string of the molecule is [CH2]c1cccc([Si](C)(C)C)c1[Si](C)(C)C. The van der Waals surface area contributed by atoms with Gasteiger partial charge in [0.05, 0.1) is 16.1 Å². The molecule has 1 aromatic rings. The zero-order chi connectivity index (χ0) is 11.9. The van der Waals surface area contributed by atoms with Crippen LogP contribution in [0.5, 0.6) is 0 Å². The van der Waals surface area contributed by atoms with Crippen LogP contribution in [0.4, 0.5) is 0 Å². The van der Waals surface area contributed by atoms with Gasteiger partial charge in [0, 0.05) is 0 Å². The van der Waals surface area contributed by atoms with Crippen molar-refractivity contribution in [3.05, 3.63) is 30.7 Å². The highest BCUT2D eigenvalue weighted by atomic mass is 28.3. The van der Waals surface area contributed by atoms with E-state index in [-0.39, 0.29) is 0 Å². The molecule has 83 valence electrons. The van der Waals surface area contributed by atoms with Crippen molar-refractivity contribution in [2.75, 3.05) is 0 Å². The molecule has 0 atom stereocenters. The van der Waals surface area contributed by atoms with Crippen LogP contribution >= 0.6 is 0 Å². The summed E-state index contributed by atoms with van der Waals surface area (Å²) in [7, 11) is -2.48. The van der Waals surface area contributed by atoms with Crippen molar-refractivity contribution in [2.24, 2.45) is 0 Å². The summed E-state index contributed by atoms with van der Waals surface area (Å²) in [5.74, 6) is 0. The Morgan fingerprint density at radius 2 is 1.40 bits per heavy atom. The second-order valence-corrected chi connectivity index (χ2v) is 16.4. The molecule has 1 radical (unpaired) electrons. The van der Waals surface area contributed by atoms with Gasteiger partial charge >= 0.3 is 0 Å². The van der Waals surface area contributed by atoms with E-state index in [2.05, 4.69) is 64.4 Å². The third-order valence-electron chi connectivity index (χ3n) is 2.71. The molecule has 0 saturated carbocycles. The molecule has 2 heteroatoms. The Kier molecular flexibility index (Phi) is 3.31. The zero-order valence-corrected chi connectivity index (χ0v) is 12.9. The number of hydrogen-bond acceptors (Lipinski definition) is 0. The van der Waals surface area contributed by atoms with Gasteiger partial charge in [0.15, 0.2) is 0 Å². The summed E-state index contributed by atoms with van der Waals surface area (Å²) in [5, 5.41) is 3.22. The molecule has 0 bridgehead atoms. The van der Waals surface area contributed by atoms with E-state index in [1.807, 2.05) is 0 Å². The molecule has 0 saturated heterocycles. The van der Waals surface area contributed by atoms with E-state index in [9.17, 15) is 0 Å². The summed E-state index contributed by atoms with van der Waals surface area (Å²) in [6, 6.07) is 6.66. The molecule has 0 aliphatic rings. The molecule has 1 rings (SSSR count). The van der Waals surface area contributed by atoms with Gasteiger partial charge in [0.1, 0.15) is 0 Å². The molecule has 0 amide bonds. The van der Waals surface area contributed by atoms with Gasteiger partial charge in [-0.2, -0.15) is 0 Å². The van der Waals surface area contributed by atoms with Gasteiger partial charge in [0.25, 0.3) is 0 Å². The van der Waals surface area contributed by atoms with Crippen LogP contribution < -0.4 is 10.4 Å². The topological polar surface area (TPSA) is 0 Å². The number of rotatable bonds is 2. The van der Waals surface area contributed by atoms with Gasteiger partial charge in [0.2, 0.25) is 0 Å². The first-order valence-corrected chi connectivity index (χ1v) is 12.6. The summed E-state index contributed by atoms with van der Waals surface area (Å²) < 4.78 is 0. The van der Waals surface area contributed by atoms with E-state index in [1.165, 1.54) is 5.56 Å². The molecule has 1 aromatic carbocycles. The lowest BCUT2D eigenvalue weighted by Gasteiger charge is -2.29. The standard InChI is InChI=1S/C13H23Si2/c1-11-9-8-10-12(14(2,3)4)13(11)15(5,6)7/h8-10H,1H2,2-7H3. The fourth-order valence-electron chi connectivity index (χ4n) is 2.11. The third kappa shape index (κ3) is 2.82. The Hall–Kier alpha value is -0.346. The van der Waals surface area contributed by atoms with Gasteiger partial charge in [-0.1, -0.05) is 67.9 Å². The van der Waals surface area contributed by atoms with Crippen molar-refractivity contribution in [1.82, 2.24) is 0 Å². The Labute approximate surface area is 96.7 Å². The highest BCUT2D eigenvalue weighted by molar-refractivity contribution is 6.98. The lowest BCUT2D eigenvalue weighted by Crippen LogP contribution is -2.57. The molecule has 0 aliphatic heterocycles. The maximum Gasteiger partial charge on any atom is 0.0778 e. The average Bonchev–Trinajstić information content (AvgIpc) is 1.99. The monoisotopic (exact) mass is 235 g/mol. The fourth-order valence-corrected chi connectivity index (χ4v) is 7.81. The summed E-state index contributed by atoms with van der Waals surface area (Å²) in [6.45, 7) is 18.7. The minimum Gasteiger partial charge on any atom is -0.0656 e. The average molecular weight is 235 g/mol. The van der Waals surface area contributed by atoms with Gasteiger partial charge in [-0.15, -0.1) is 0 Å². The number of benzene rings is 1. The quantitative estimate of drug-likeness (QED) is 0.692. The third-order valence-corrected chi connectivity index (χ3v) is 7.08. The predicted octanol–water partition coefficient (Wildman–Crippen LogP) is 2.96. The molecule has 0 fully saturated rings. The first kappa shape index (κ1) is 12.7. The van der Waals surface area contributed by atoms with E-state index in [0.717, 1.165) is 0 Å². The van der Waals surface area contributed by atoms with Gasteiger partial charge < -0.3 is 0 Å². The van der Waals surface area contributed by atoms with Crippen molar-refractivity contribution in [2.45, 2.75) is 39.3 Å². The minimum atomic E-state index is -1.26. The van der Waals surface area contributed by atoms with Gasteiger partial charge in [-0.25, -0.2) is 0 Å². The van der Waals surface area contributed by atoms with Crippen LogP contribution in [0, 0.1) is 6.92 Å². The van der Waals surface area contributed by atoms with E-state index in [0.29, 0.717) is 0 Å². The Bertz CT molecular complexity index is 354. The highest BCUT2D eigenvalue weighted by Crippen LogP contribution is 2.09. The first-order valence-electron chi connectivity index (χ1n) is 5.60. The number of hydrogen-bond donors (Lipinski definition) is 0. The smallest absolute Gasteiger partial charge is 0.0656 e. The summed E-state index contributed by atoms with van der Waals surface area (Å²) in [5.41, 5.74) is 1.26. The molecule has 0 N–H and O–H groups in total. The van der Waals surface area contributed by atoms with Crippen molar-refractivity contribution >= 4 is 26.5 Å². The highest BCUT2D eigenvalue weighted by Gasteiger charge is 2.28. The van der Waals surface area contributed by atoms with E-state index in [1.54, 1.807) is 10.4 Å². The van der Waals surface area contributed by atoms with Crippen LogP contribution in [0.25, 0.3) is 0 Å². The Balaban J connectivity index is 3.48. The van der Waals surface area contributed by atoms with Crippen molar-refractivity contribution in [1.29, 1.82) is 0 Å². The Morgan fingerprint density at radius 3 is 1.73 bits per heavy atom. The van der Waals surface area contributed by atoms with Crippen LogP contribution in [-0.2, 0) is 0 Å². The van der Waals surface area contributed by atoms with E-state index >= 15 is 0 Å². The van der Waals surface area contributed by atoms with Crippen LogP contribution in [0.15, 0.2) is 18.2 Å². The van der Waals surface area contributed by atoms with Crippen molar-refractivity contribution in [3.8, 4) is 0 Å². The van der Waals surface area contributed by atoms with Crippen LogP contribution in [0.1, 0.15) is 5.56 Å². The molecule has 0 aromatic heterocycles. The minimum absolute atomic E-state index is 1.22. The van der Waals surface area contributed by atoms with Crippen LogP contribution in [-0.4, -0.2) is 16.1 Å². The summed E-state index contributed by atoms with van der Waals surface area (Å²) >= 11 is 0. The molecule has 0 spiro atoms. The summed E-state index contributed by atoms with van der Waals surface area (Å²) in [4.78, 5) is 0. The largest absolute Gasteiger partial charge is 0.0778 e. The van der Waals surface area contributed by atoms with Crippen LogP contribution in [0.2, 0.25) is 39.3 Å². The second-order valence-electron chi connectivity index (χ2n) is 6.34. The van der Waals surface area contributed by atoms with E-state index in [4.69, 9.17) is 0 Å². The molecular weight excluding hydrogens is 212 g/mol. The lowest BCUT2D eigenvalue weighted by atomic mass is 10.2. The van der Waals surface area contributed by atoms with Crippen LogP contribution in [0.3, 0.4) is 0 Å². The maximum atomic E-state index is 4.22. The summed E-state index contributed by atoms with van der Waals surface area (Å²) in [6.07, 6.45) is 0. The fraction of sp³-hybridized carbons (Fsp3) is 0.462. The lowest BCUT2D eigenvalue weighted by molar-refractivity contribution is 1.61. The molecule has 0 heterocycles. The second kappa shape index (κ2) is 3.91.